The fourth-order valence-electron chi connectivity index (χ4n) is 3.00. The second-order valence-electron chi connectivity index (χ2n) is 5.76. The lowest BCUT2D eigenvalue weighted by Gasteiger charge is -2.35. The number of amides is 1. The Hall–Kier alpha value is -1.17. The largest absolute Gasteiger partial charge is 0.373 e. The van der Waals surface area contributed by atoms with Crippen LogP contribution >= 0.6 is 11.6 Å². The Labute approximate surface area is 129 Å². The molecular weight excluding hydrogens is 290 g/mol. The van der Waals surface area contributed by atoms with Gasteiger partial charge in [-0.2, -0.15) is 0 Å². The third-order valence-corrected chi connectivity index (χ3v) is 4.50. The molecule has 1 aromatic heterocycles. The van der Waals surface area contributed by atoms with E-state index in [1.54, 1.807) is 6.07 Å². The summed E-state index contributed by atoms with van der Waals surface area (Å²) in [5, 5.41) is 3.33. The summed E-state index contributed by atoms with van der Waals surface area (Å²) in [4.78, 5) is 18.7. The summed E-state index contributed by atoms with van der Waals surface area (Å²) >= 11 is 6.08. The van der Waals surface area contributed by atoms with Crippen LogP contribution in [0.25, 0.3) is 0 Å². The van der Waals surface area contributed by atoms with Crippen LogP contribution in [0.5, 0.6) is 0 Å². The standard InChI is InChI=1S/C15H20ClN3O2/c1-10-5-14(16)13(7-17-10)15(20)18-6-12-8-19-4-2-3-11(19)9-21-12/h5,7,11-12H,2-4,6,8-9H2,1H3,(H,18,20). The van der Waals surface area contributed by atoms with E-state index in [4.69, 9.17) is 16.3 Å². The van der Waals surface area contributed by atoms with Crippen molar-refractivity contribution < 1.29 is 9.53 Å². The van der Waals surface area contributed by atoms with Crippen molar-refractivity contribution in [2.24, 2.45) is 0 Å². The molecule has 5 nitrogen and oxygen atoms in total. The summed E-state index contributed by atoms with van der Waals surface area (Å²) in [6.07, 6.45) is 4.05. The van der Waals surface area contributed by atoms with Crippen molar-refractivity contribution in [1.82, 2.24) is 15.2 Å². The lowest BCUT2D eigenvalue weighted by atomic mass is 10.2. The van der Waals surface area contributed by atoms with Gasteiger partial charge in [-0.25, -0.2) is 0 Å². The van der Waals surface area contributed by atoms with Crippen LogP contribution in [0.3, 0.4) is 0 Å². The first-order valence-electron chi connectivity index (χ1n) is 7.39. The molecule has 2 atom stereocenters. The van der Waals surface area contributed by atoms with Crippen LogP contribution in [0.4, 0.5) is 0 Å². The number of aromatic nitrogens is 1. The summed E-state index contributed by atoms with van der Waals surface area (Å²) < 4.78 is 5.82. The zero-order valence-corrected chi connectivity index (χ0v) is 12.9. The third kappa shape index (κ3) is 3.36. The van der Waals surface area contributed by atoms with Crippen LogP contribution < -0.4 is 5.32 Å². The molecule has 2 saturated heterocycles. The van der Waals surface area contributed by atoms with Crippen LogP contribution in [0.1, 0.15) is 28.9 Å². The van der Waals surface area contributed by atoms with E-state index in [9.17, 15) is 4.79 Å². The minimum Gasteiger partial charge on any atom is -0.373 e. The highest BCUT2D eigenvalue weighted by atomic mass is 35.5. The fourth-order valence-corrected chi connectivity index (χ4v) is 3.30. The molecule has 0 bridgehead atoms. The number of carbonyl (C=O) groups excluding carboxylic acids is 1. The van der Waals surface area contributed by atoms with E-state index >= 15 is 0 Å². The molecule has 3 heterocycles. The lowest BCUT2D eigenvalue weighted by Crippen LogP contribution is -2.50. The van der Waals surface area contributed by atoms with Gasteiger partial charge in [-0.05, 0) is 32.4 Å². The zero-order chi connectivity index (χ0) is 14.8. The van der Waals surface area contributed by atoms with Gasteiger partial charge in [-0.1, -0.05) is 11.6 Å². The second kappa shape index (κ2) is 6.30. The highest BCUT2D eigenvalue weighted by Crippen LogP contribution is 2.22. The maximum Gasteiger partial charge on any atom is 0.254 e. The van der Waals surface area contributed by atoms with E-state index in [-0.39, 0.29) is 12.0 Å². The van der Waals surface area contributed by atoms with Crippen LogP contribution in [-0.4, -0.2) is 54.2 Å². The highest BCUT2D eigenvalue weighted by Gasteiger charge is 2.32. The van der Waals surface area contributed by atoms with Gasteiger partial charge in [0.1, 0.15) is 0 Å². The number of morpholine rings is 1. The van der Waals surface area contributed by atoms with Gasteiger partial charge in [0.15, 0.2) is 0 Å². The van der Waals surface area contributed by atoms with Crippen molar-refractivity contribution in [3.8, 4) is 0 Å². The summed E-state index contributed by atoms with van der Waals surface area (Å²) in [6, 6.07) is 2.27. The molecule has 2 aliphatic rings. The minimum atomic E-state index is -0.195. The number of fused-ring (bicyclic) bond motifs is 1. The predicted octanol–water partition coefficient (Wildman–Crippen LogP) is 1.64. The van der Waals surface area contributed by atoms with Gasteiger partial charge in [0, 0.05) is 31.0 Å². The molecule has 0 saturated carbocycles. The fraction of sp³-hybridized carbons (Fsp3) is 0.600. The molecule has 3 rings (SSSR count). The number of ether oxygens (including phenoxy) is 1. The Morgan fingerprint density at radius 2 is 2.48 bits per heavy atom. The maximum atomic E-state index is 12.1. The zero-order valence-electron chi connectivity index (χ0n) is 12.1. The average molecular weight is 310 g/mol. The minimum absolute atomic E-state index is 0.0560. The van der Waals surface area contributed by atoms with E-state index in [0.29, 0.717) is 23.2 Å². The molecule has 0 aromatic carbocycles. The van der Waals surface area contributed by atoms with E-state index in [1.807, 2.05) is 6.92 Å². The monoisotopic (exact) mass is 309 g/mol. The quantitative estimate of drug-likeness (QED) is 0.922. The molecule has 0 radical (unpaired) electrons. The van der Waals surface area contributed by atoms with Crippen LogP contribution in [-0.2, 0) is 4.74 Å². The molecule has 114 valence electrons. The molecular formula is C15H20ClN3O2. The SMILES string of the molecule is Cc1cc(Cl)c(C(=O)NCC2CN3CCCC3CO2)cn1. The summed E-state index contributed by atoms with van der Waals surface area (Å²) in [7, 11) is 0. The molecule has 2 unspecified atom stereocenters. The first-order valence-corrected chi connectivity index (χ1v) is 7.77. The molecule has 0 aliphatic carbocycles. The number of nitrogens with zero attached hydrogens (tertiary/aromatic N) is 2. The molecule has 6 heteroatoms. The topological polar surface area (TPSA) is 54.5 Å². The summed E-state index contributed by atoms with van der Waals surface area (Å²) in [5.74, 6) is -0.195. The van der Waals surface area contributed by atoms with Gasteiger partial charge in [-0.15, -0.1) is 0 Å². The number of nitrogens with one attached hydrogen (secondary N) is 1. The van der Waals surface area contributed by atoms with Crippen molar-refractivity contribution in [3.63, 3.8) is 0 Å². The Bertz CT molecular complexity index is 538. The Balaban J connectivity index is 1.54. The van der Waals surface area contributed by atoms with E-state index in [2.05, 4.69) is 15.2 Å². The smallest absolute Gasteiger partial charge is 0.254 e. The second-order valence-corrected chi connectivity index (χ2v) is 6.17. The normalized spacial score (nSPS) is 25.6. The first kappa shape index (κ1) is 14.8. The van der Waals surface area contributed by atoms with E-state index in [1.165, 1.54) is 19.0 Å². The maximum absolute atomic E-state index is 12.1. The van der Waals surface area contributed by atoms with Gasteiger partial charge < -0.3 is 10.1 Å². The Morgan fingerprint density at radius 3 is 3.29 bits per heavy atom. The molecule has 2 fully saturated rings. The van der Waals surface area contributed by atoms with Crippen LogP contribution in [0.2, 0.25) is 5.02 Å². The summed E-state index contributed by atoms with van der Waals surface area (Å²) in [6.45, 7) is 5.16. The molecule has 1 aromatic rings. The number of halogens is 1. The van der Waals surface area contributed by atoms with E-state index in [0.717, 1.165) is 25.4 Å². The number of aryl methyl sites for hydroxylation is 1. The van der Waals surface area contributed by atoms with Crippen molar-refractivity contribution >= 4 is 17.5 Å². The molecule has 21 heavy (non-hydrogen) atoms. The summed E-state index contributed by atoms with van der Waals surface area (Å²) in [5.41, 5.74) is 1.21. The van der Waals surface area contributed by atoms with Crippen LogP contribution in [0, 0.1) is 6.92 Å². The number of hydrogen-bond donors (Lipinski definition) is 1. The molecule has 1 amide bonds. The van der Waals surface area contributed by atoms with Crippen molar-refractivity contribution in [2.45, 2.75) is 31.9 Å². The molecule has 1 N–H and O–H groups in total. The van der Waals surface area contributed by atoms with Crippen molar-refractivity contribution in [2.75, 3.05) is 26.2 Å². The number of carbonyl (C=O) groups is 1. The number of pyridine rings is 1. The highest BCUT2D eigenvalue weighted by molar-refractivity contribution is 6.33. The molecule has 2 aliphatic heterocycles. The van der Waals surface area contributed by atoms with Crippen molar-refractivity contribution in [1.29, 1.82) is 0 Å². The molecule has 0 spiro atoms. The van der Waals surface area contributed by atoms with Gasteiger partial charge in [0.05, 0.1) is 23.3 Å². The van der Waals surface area contributed by atoms with Gasteiger partial charge >= 0.3 is 0 Å². The van der Waals surface area contributed by atoms with Crippen LogP contribution in [0.15, 0.2) is 12.3 Å². The lowest BCUT2D eigenvalue weighted by molar-refractivity contribution is -0.0461. The number of hydrogen-bond acceptors (Lipinski definition) is 4. The average Bonchev–Trinajstić information content (AvgIpc) is 2.92. The Kier molecular flexibility index (Phi) is 4.42. The van der Waals surface area contributed by atoms with Gasteiger partial charge in [-0.3, -0.25) is 14.7 Å². The first-order chi connectivity index (χ1) is 10.1. The third-order valence-electron chi connectivity index (χ3n) is 4.19. The van der Waals surface area contributed by atoms with E-state index < -0.39 is 0 Å². The van der Waals surface area contributed by atoms with Gasteiger partial charge in [0.2, 0.25) is 0 Å². The predicted molar refractivity (Wildman–Crippen MR) is 80.7 cm³/mol. The Morgan fingerprint density at radius 1 is 1.62 bits per heavy atom. The van der Waals surface area contributed by atoms with Crippen molar-refractivity contribution in [3.05, 3.63) is 28.5 Å². The number of rotatable bonds is 3. The van der Waals surface area contributed by atoms with Gasteiger partial charge in [0.25, 0.3) is 5.91 Å².